The van der Waals surface area contributed by atoms with Crippen molar-refractivity contribution in [1.82, 2.24) is 4.31 Å². The number of rotatable bonds is 10. The lowest BCUT2D eigenvalue weighted by Gasteiger charge is -2.28. The zero-order valence-corrected chi connectivity index (χ0v) is 21.5. The van der Waals surface area contributed by atoms with E-state index < -0.39 is 34.5 Å². The van der Waals surface area contributed by atoms with Gasteiger partial charge in [0.25, 0.3) is 0 Å². The minimum Gasteiger partial charge on any atom is -0.480 e. The van der Waals surface area contributed by atoms with E-state index in [0.717, 1.165) is 11.8 Å². The van der Waals surface area contributed by atoms with Gasteiger partial charge in [0.2, 0.25) is 15.9 Å². The summed E-state index contributed by atoms with van der Waals surface area (Å²) < 4.78 is 25.7. The van der Waals surface area contributed by atoms with Crippen molar-refractivity contribution in [3.05, 3.63) is 77.4 Å². The molecule has 0 aliphatic rings. The molecular formula is C26H27N5O6S. The summed E-state index contributed by atoms with van der Waals surface area (Å²) in [5.74, 6) is -2.17. The van der Waals surface area contributed by atoms with E-state index in [-0.39, 0.29) is 17.8 Å². The highest BCUT2D eigenvalue weighted by Crippen LogP contribution is 2.28. The molecular weight excluding hydrogens is 510 g/mol. The Balaban J connectivity index is 1.96. The molecule has 1 unspecified atom stereocenters. The van der Waals surface area contributed by atoms with Gasteiger partial charge < -0.3 is 16.2 Å². The van der Waals surface area contributed by atoms with Crippen LogP contribution in [0.1, 0.15) is 16.7 Å². The van der Waals surface area contributed by atoms with Crippen LogP contribution in [0.25, 0.3) is 11.1 Å². The number of sulfonamides is 1. The molecule has 198 valence electrons. The Kier molecular flexibility index (Phi) is 8.69. The Labute approximate surface area is 220 Å². The lowest BCUT2D eigenvalue weighted by Crippen LogP contribution is -2.50. The molecule has 1 amide bonds. The lowest BCUT2D eigenvalue weighted by atomic mass is 9.98. The van der Waals surface area contributed by atoms with E-state index in [2.05, 4.69) is 11.4 Å². The number of nitrogens with one attached hydrogen (secondary N) is 2. The maximum absolute atomic E-state index is 13.4. The quantitative estimate of drug-likeness (QED) is 0.191. The number of nitrogen functional groups attached to an aromatic ring is 1. The molecule has 0 spiro atoms. The minimum absolute atomic E-state index is 0.179. The highest BCUT2D eigenvalue weighted by Gasteiger charge is 2.35. The van der Waals surface area contributed by atoms with Crippen molar-refractivity contribution in [2.24, 2.45) is 0 Å². The summed E-state index contributed by atoms with van der Waals surface area (Å²) in [7, 11) is -4.13. The fraction of sp³-hybridized carbons (Fsp3) is 0.192. The number of amides is 1. The maximum atomic E-state index is 13.4. The molecule has 6 N–H and O–H groups in total. The standard InChI is InChI=1S/C26H27N5O6S/c1-16-18(9-12-22(30-35)25(16)28)13-23(31(15-24(32)33)38(2,36)37)26(34)29-20-10-7-17(8-11-20)21-6-4-3-5-19(21)14-27/h3-12,23,30,35H,13,15,28H2,1-2H3,(H,29,34)(H,32,33). The fourth-order valence-electron chi connectivity index (χ4n) is 4.01. The Hall–Kier alpha value is -4.44. The molecule has 0 aromatic heterocycles. The van der Waals surface area contributed by atoms with Crippen molar-refractivity contribution in [2.45, 2.75) is 19.4 Å². The number of carboxylic acid groups (broad SMARTS) is 1. The normalized spacial score (nSPS) is 12.0. The highest BCUT2D eigenvalue weighted by molar-refractivity contribution is 7.88. The minimum atomic E-state index is -4.13. The molecule has 1 atom stereocenters. The van der Waals surface area contributed by atoms with Gasteiger partial charge in [-0.15, -0.1) is 0 Å². The smallest absolute Gasteiger partial charge is 0.318 e. The van der Waals surface area contributed by atoms with E-state index in [9.17, 15) is 33.6 Å². The predicted molar refractivity (Wildman–Crippen MR) is 143 cm³/mol. The third kappa shape index (κ3) is 6.46. The zero-order valence-electron chi connectivity index (χ0n) is 20.7. The third-order valence-electron chi connectivity index (χ3n) is 6.04. The Morgan fingerprint density at radius 3 is 2.34 bits per heavy atom. The van der Waals surface area contributed by atoms with Crippen LogP contribution < -0.4 is 16.5 Å². The highest BCUT2D eigenvalue weighted by atomic mass is 32.2. The van der Waals surface area contributed by atoms with Crippen LogP contribution in [-0.2, 0) is 26.0 Å². The molecule has 0 heterocycles. The Morgan fingerprint density at radius 2 is 1.76 bits per heavy atom. The Morgan fingerprint density at radius 1 is 1.11 bits per heavy atom. The molecule has 0 aliphatic heterocycles. The summed E-state index contributed by atoms with van der Waals surface area (Å²) in [5.41, 5.74) is 11.7. The van der Waals surface area contributed by atoms with E-state index in [4.69, 9.17) is 5.73 Å². The van der Waals surface area contributed by atoms with Crippen LogP contribution in [0.3, 0.4) is 0 Å². The number of carboxylic acids is 1. The van der Waals surface area contributed by atoms with Crippen molar-refractivity contribution in [3.8, 4) is 17.2 Å². The second-order valence-electron chi connectivity index (χ2n) is 8.57. The molecule has 11 nitrogen and oxygen atoms in total. The average Bonchev–Trinajstić information content (AvgIpc) is 2.88. The van der Waals surface area contributed by atoms with E-state index in [0.29, 0.717) is 32.2 Å². The molecule has 3 aromatic carbocycles. The topological polar surface area (TPSA) is 186 Å². The van der Waals surface area contributed by atoms with E-state index in [1.165, 1.54) is 6.07 Å². The van der Waals surface area contributed by atoms with Crippen molar-refractivity contribution < 1.29 is 28.3 Å². The first-order chi connectivity index (χ1) is 18.0. The number of benzene rings is 3. The maximum Gasteiger partial charge on any atom is 0.318 e. The molecule has 0 radical (unpaired) electrons. The average molecular weight is 538 g/mol. The van der Waals surface area contributed by atoms with Crippen LogP contribution in [0.15, 0.2) is 60.7 Å². The molecule has 3 rings (SSSR count). The molecule has 0 saturated heterocycles. The summed E-state index contributed by atoms with van der Waals surface area (Å²) in [4.78, 5) is 24.9. The molecule has 12 heteroatoms. The van der Waals surface area contributed by atoms with Crippen LogP contribution in [0, 0.1) is 18.3 Å². The number of hydrogen-bond acceptors (Lipinski definition) is 8. The Bertz CT molecular complexity index is 1500. The molecule has 0 aliphatic carbocycles. The molecule has 0 bridgehead atoms. The SMILES string of the molecule is Cc1c(CC(C(=O)Nc2ccc(-c3ccccc3C#N)cc2)N(CC(=O)O)S(C)(=O)=O)ccc(NO)c1N. The van der Waals surface area contributed by atoms with Crippen LogP contribution in [0.5, 0.6) is 0 Å². The van der Waals surface area contributed by atoms with Gasteiger partial charge >= 0.3 is 5.97 Å². The number of carbonyl (C=O) groups is 2. The molecule has 3 aromatic rings. The van der Waals surface area contributed by atoms with Crippen molar-refractivity contribution >= 4 is 39.0 Å². The van der Waals surface area contributed by atoms with Crippen LogP contribution >= 0.6 is 0 Å². The van der Waals surface area contributed by atoms with Crippen LogP contribution in [0.2, 0.25) is 0 Å². The predicted octanol–water partition coefficient (Wildman–Crippen LogP) is 2.81. The second kappa shape index (κ2) is 11.7. The molecule has 0 fully saturated rings. The van der Waals surface area contributed by atoms with Gasteiger partial charge in [0.05, 0.1) is 29.3 Å². The number of anilines is 3. The summed E-state index contributed by atoms with van der Waals surface area (Å²) in [5, 5.41) is 30.6. The summed E-state index contributed by atoms with van der Waals surface area (Å²) >= 11 is 0. The van der Waals surface area contributed by atoms with Crippen molar-refractivity contribution in [1.29, 1.82) is 5.26 Å². The van der Waals surface area contributed by atoms with E-state index in [1.807, 2.05) is 5.48 Å². The first kappa shape index (κ1) is 28.1. The fourth-order valence-corrected chi connectivity index (χ4v) is 4.99. The summed E-state index contributed by atoms with van der Waals surface area (Å²) in [6, 6.07) is 17.4. The van der Waals surface area contributed by atoms with Crippen LogP contribution in [-0.4, -0.2) is 53.8 Å². The number of nitrogens with zero attached hydrogens (tertiary/aromatic N) is 2. The first-order valence-electron chi connectivity index (χ1n) is 11.3. The second-order valence-corrected chi connectivity index (χ2v) is 10.5. The largest absolute Gasteiger partial charge is 0.480 e. The van der Waals surface area contributed by atoms with Gasteiger partial charge in [-0.05, 0) is 59.9 Å². The number of nitrogens with two attached hydrogens (primary N) is 1. The summed E-state index contributed by atoms with van der Waals surface area (Å²) in [6.45, 7) is 0.714. The zero-order chi connectivity index (χ0) is 28.0. The molecule has 0 saturated carbocycles. The monoisotopic (exact) mass is 537 g/mol. The number of nitriles is 1. The van der Waals surface area contributed by atoms with Gasteiger partial charge in [0, 0.05) is 5.69 Å². The number of hydrogen-bond donors (Lipinski definition) is 5. The van der Waals surface area contributed by atoms with Crippen LogP contribution in [0.4, 0.5) is 17.1 Å². The first-order valence-corrected chi connectivity index (χ1v) is 13.2. The van der Waals surface area contributed by atoms with Gasteiger partial charge in [-0.3, -0.25) is 20.3 Å². The van der Waals surface area contributed by atoms with E-state index >= 15 is 0 Å². The van der Waals surface area contributed by atoms with Crippen molar-refractivity contribution in [3.63, 3.8) is 0 Å². The number of aliphatic carboxylic acids is 1. The summed E-state index contributed by atoms with van der Waals surface area (Å²) in [6.07, 6.45) is 0.652. The van der Waals surface area contributed by atoms with Gasteiger partial charge in [0.15, 0.2) is 0 Å². The third-order valence-corrected chi connectivity index (χ3v) is 7.27. The molecule has 38 heavy (non-hydrogen) atoms. The van der Waals surface area contributed by atoms with Crippen molar-refractivity contribution in [2.75, 3.05) is 29.3 Å². The lowest BCUT2D eigenvalue weighted by molar-refractivity contribution is -0.137. The van der Waals surface area contributed by atoms with Gasteiger partial charge in [-0.2, -0.15) is 9.57 Å². The van der Waals surface area contributed by atoms with Gasteiger partial charge in [-0.25, -0.2) is 8.42 Å². The van der Waals surface area contributed by atoms with Gasteiger partial charge in [-0.1, -0.05) is 36.4 Å². The van der Waals surface area contributed by atoms with E-state index in [1.54, 1.807) is 61.5 Å². The number of carbonyl (C=O) groups excluding carboxylic acids is 1. The van der Waals surface area contributed by atoms with Gasteiger partial charge in [0.1, 0.15) is 12.6 Å².